The second kappa shape index (κ2) is 5.97. The second-order valence-electron chi connectivity index (χ2n) is 3.83. The van der Waals surface area contributed by atoms with Crippen LogP contribution in [0.1, 0.15) is 26.7 Å². The molecule has 0 atom stereocenters. The molecule has 6 heteroatoms. The minimum Gasteiger partial charge on any atom is -0.389 e. The number of hydrogen-bond acceptors (Lipinski definition) is 5. The van der Waals surface area contributed by atoms with Gasteiger partial charge in [-0.2, -0.15) is 0 Å². The van der Waals surface area contributed by atoms with Crippen molar-refractivity contribution in [2.24, 2.45) is 0 Å². The van der Waals surface area contributed by atoms with Crippen LogP contribution in [0.15, 0.2) is 23.4 Å². The normalized spacial score (nSPS) is 11.5. The summed E-state index contributed by atoms with van der Waals surface area (Å²) in [5.41, 5.74) is -0.704. The third-order valence-electron chi connectivity index (χ3n) is 2.74. The van der Waals surface area contributed by atoms with Gasteiger partial charge in [0.15, 0.2) is 0 Å². The zero-order valence-electron chi connectivity index (χ0n) is 9.92. The molecule has 1 N–H and O–H groups in total. The highest BCUT2D eigenvalue weighted by Gasteiger charge is 2.22. The van der Waals surface area contributed by atoms with Gasteiger partial charge in [-0.15, -0.1) is 11.8 Å². The molecule has 17 heavy (non-hydrogen) atoms. The molecule has 0 aromatic carbocycles. The maximum absolute atomic E-state index is 10.4. The van der Waals surface area contributed by atoms with E-state index >= 15 is 0 Å². The Labute approximate surface area is 104 Å². The molecular weight excluding hydrogens is 240 g/mol. The van der Waals surface area contributed by atoms with Gasteiger partial charge < -0.3 is 5.11 Å². The molecule has 1 aromatic rings. The number of aliphatic hydroxyl groups is 1. The fourth-order valence-corrected chi connectivity index (χ4v) is 2.34. The van der Waals surface area contributed by atoms with Crippen molar-refractivity contribution in [3.05, 3.63) is 28.4 Å². The number of nitro groups is 1. The lowest BCUT2D eigenvalue weighted by molar-refractivity contribution is -0.385. The molecule has 0 aliphatic rings. The predicted molar refractivity (Wildman–Crippen MR) is 67.1 cm³/mol. The average molecular weight is 256 g/mol. The third-order valence-corrected chi connectivity index (χ3v) is 3.96. The first-order chi connectivity index (χ1) is 8.00. The standard InChI is InChI=1S/C11H16N2O3S/c1-3-11(14,4-2)8-17-10-6-5-9(7-12-10)13(15)16/h5-7,14H,3-4,8H2,1-2H3. The predicted octanol–water partition coefficient (Wildman–Crippen LogP) is 2.63. The Kier molecular flexibility index (Phi) is 4.89. The zero-order chi connectivity index (χ0) is 12.9. The van der Waals surface area contributed by atoms with E-state index in [0.29, 0.717) is 23.6 Å². The fraction of sp³-hybridized carbons (Fsp3) is 0.545. The number of aromatic nitrogens is 1. The highest BCUT2D eigenvalue weighted by Crippen LogP contribution is 2.26. The SMILES string of the molecule is CCC(O)(CC)CSc1ccc([N+](=O)[O-])cn1. The van der Waals surface area contributed by atoms with Gasteiger partial charge in [0.1, 0.15) is 6.20 Å². The lowest BCUT2D eigenvalue weighted by atomic mass is 10.0. The number of nitrogens with zero attached hydrogens (tertiary/aromatic N) is 2. The topological polar surface area (TPSA) is 76.3 Å². The Hall–Kier alpha value is -1.14. The van der Waals surface area contributed by atoms with Crippen LogP contribution >= 0.6 is 11.8 Å². The van der Waals surface area contributed by atoms with Crippen molar-refractivity contribution >= 4 is 17.4 Å². The van der Waals surface area contributed by atoms with Gasteiger partial charge in [-0.25, -0.2) is 4.98 Å². The average Bonchev–Trinajstić information content (AvgIpc) is 2.36. The van der Waals surface area contributed by atoms with Crippen LogP contribution in [0.2, 0.25) is 0 Å². The van der Waals surface area contributed by atoms with Crippen LogP contribution < -0.4 is 0 Å². The summed E-state index contributed by atoms with van der Waals surface area (Å²) < 4.78 is 0. The van der Waals surface area contributed by atoms with Crippen LogP contribution in [0, 0.1) is 10.1 Å². The number of pyridine rings is 1. The molecule has 1 rings (SSSR count). The van der Waals surface area contributed by atoms with E-state index in [9.17, 15) is 15.2 Å². The van der Waals surface area contributed by atoms with Gasteiger partial charge in [-0.3, -0.25) is 10.1 Å². The molecule has 0 aliphatic heterocycles. The first-order valence-electron chi connectivity index (χ1n) is 5.46. The molecule has 94 valence electrons. The molecular formula is C11H16N2O3S. The molecule has 0 spiro atoms. The maximum Gasteiger partial charge on any atom is 0.287 e. The Bertz CT molecular complexity index is 377. The summed E-state index contributed by atoms with van der Waals surface area (Å²) in [6, 6.07) is 3.03. The largest absolute Gasteiger partial charge is 0.389 e. The summed E-state index contributed by atoms with van der Waals surface area (Å²) >= 11 is 1.41. The molecule has 1 heterocycles. The zero-order valence-corrected chi connectivity index (χ0v) is 10.7. The van der Waals surface area contributed by atoms with Crippen LogP contribution in [0.3, 0.4) is 0 Å². The molecule has 0 unspecified atom stereocenters. The lowest BCUT2D eigenvalue weighted by Gasteiger charge is -2.24. The molecule has 0 bridgehead atoms. The van der Waals surface area contributed by atoms with Crippen molar-refractivity contribution in [2.45, 2.75) is 37.3 Å². The summed E-state index contributed by atoms with van der Waals surface area (Å²) in [5.74, 6) is 0.546. The van der Waals surface area contributed by atoms with Gasteiger partial charge in [-0.05, 0) is 18.9 Å². The van der Waals surface area contributed by atoms with Crippen molar-refractivity contribution in [1.29, 1.82) is 0 Å². The summed E-state index contributed by atoms with van der Waals surface area (Å²) in [4.78, 5) is 13.9. The number of rotatable bonds is 6. The molecule has 1 aromatic heterocycles. The van der Waals surface area contributed by atoms with Crippen LogP contribution in [-0.4, -0.2) is 26.4 Å². The van der Waals surface area contributed by atoms with E-state index in [1.54, 1.807) is 6.07 Å². The number of thioether (sulfide) groups is 1. The van der Waals surface area contributed by atoms with Gasteiger partial charge in [-0.1, -0.05) is 13.8 Å². The van der Waals surface area contributed by atoms with Crippen molar-refractivity contribution in [1.82, 2.24) is 4.98 Å². The fourth-order valence-electron chi connectivity index (χ4n) is 1.23. The summed E-state index contributed by atoms with van der Waals surface area (Å²) in [7, 11) is 0. The van der Waals surface area contributed by atoms with Gasteiger partial charge >= 0.3 is 0 Å². The van der Waals surface area contributed by atoms with Gasteiger partial charge in [0.25, 0.3) is 5.69 Å². The van der Waals surface area contributed by atoms with E-state index in [-0.39, 0.29) is 5.69 Å². The molecule has 5 nitrogen and oxygen atoms in total. The third kappa shape index (κ3) is 3.98. The maximum atomic E-state index is 10.4. The Morgan fingerprint density at radius 1 is 1.47 bits per heavy atom. The smallest absolute Gasteiger partial charge is 0.287 e. The van der Waals surface area contributed by atoms with E-state index < -0.39 is 10.5 Å². The Morgan fingerprint density at radius 3 is 2.53 bits per heavy atom. The van der Waals surface area contributed by atoms with E-state index in [0.717, 1.165) is 0 Å². The number of hydrogen-bond donors (Lipinski definition) is 1. The lowest BCUT2D eigenvalue weighted by Crippen LogP contribution is -2.29. The van der Waals surface area contributed by atoms with Gasteiger partial charge in [0.05, 0.1) is 15.6 Å². The van der Waals surface area contributed by atoms with Crippen LogP contribution in [0.4, 0.5) is 5.69 Å². The van der Waals surface area contributed by atoms with Crippen molar-refractivity contribution in [2.75, 3.05) is 5.75 Å². The first-order valence-corrected chi connectivity index (χ1v) is 6.45. The van der Waals surface area contributed by atoms with E-state index in [1.165, 1.54) is 24.0 Å². The van der Waals surface area contributed by atoms with E-state index in [1.807, 2.05) is 13.8 Å². The van der Waals surface area contributed by atoms with Crippen LogP contribution in [0.25, 0.3) is 0 Å². The first kappa shape index (κ1) is 13.9. The van der Waals surface area contributed by atoms with Crippen LogP contribution in [0.5, 0.6) is 0 Å². The van der Waals surface area contributed by atoms with Crippen molar-refractivity contribution in [3.8, 4) is 0 Å². The molecule has 0 saturated heterocycles. The molecule has 0 fully saturated rings. The van der Waals surface area contributed by atoms with E-state index in [2.05, 4.69) is 4.98 Å². The Balaban J connectivity index is 2.61. The minimum atomic E-state index is -0.686. The highest BCUT2D eigenvalue weighted by atomic mass is 32.2. The Morgan fingerprint density at radius 2 is 2.12 bits per heavy atom. The molecule has 0 saturated carbocycles. The van der Waals surface area contributed by atoms with E-state index in [4.69, 9.17) is 0 Å². The summed E-state index contributed by atoms with van der Waals surface area (Å²) in [6.45, 7) is 3.88. The summed E-state index contributed by atoms with van der Waals surface area (Å²) in [5, 5.41) is 21.2. The minimum absolute atomic E-state index is 0.0180. The molecule has 0 aliphatic carbocycles. The highest BCUT2D eigenvalue weighted by molar-refractivity contribution is 7.99. The van der Waals surface area contributed by atoms with Gasteiger partial charge in [0.2, 0.25) is 0 Å². The van der Waals surface area contributed by atoms with Crippen molar-refractivity contribution in [3.63, 3.8) is 0 Å². The molecule has 0 radical (unpaired) electrons. The monoisotopic (exact) mass is 256 g/mol. The van der Waals surface area contributed by atoms with Crippen LogP contribution in [-0.2, 0) is 0 Å². The second-order valence-corrected chi connectivity index (χ2v) is 4.83. The quantitative estimate of drug-likeness (QED) is 0.481. The summed E-state index contributed by atoms with van der Waals surface area (Å²) in [6.07, 6.45) is 2.60. The molecule has 0 amide bonds. The van der Waals surface area contributed by atoms with Gasteiger partial charge in [0, 0.05) is 11.8 Å². The van der Waals surface area contributed by atoms with Crippen molar-refractivity contribution < 1.29 is 10.0 Å².